The van der Waals surface area contributed by atoms with Gasteiger partial charge in [-0.3, -0.25) is 4.79 Å². The zero-order chi connectivity index (χ0) is 23.7. The van der Waals surface area contributed by atoms with Gasteiger partial charge in [0.25, 0.3) is 0 Å². The van der Waals surface area contributed by atoms with Gasteiger partial charge in [0.2, 0.25) is 0 Å². The predicted octanol–water partition coefficient (Wildman–Crippen LogP) is 5.36. The number of hydrogen-bond acceptors (Lipinski definition) is 6. The number of nitriles is 1. The number of rotatable bonds is 5. The molecule has 1 N–H and O–H groups in total. The van der Waals surface area contributed by atoms with E-state index in [-0.39, 0.29) is 11.7 Å². The maximum Gasteiger partial charge on any atom is 0.162 e. The van der Waals surface area contributed by atoms with Crippen molar-refractivity contribution in [2.75, 3.05) is 21.3 Å². The quantitative estimate of drug-likeness (QED) is 0.585. The summed E-state index contributed by atoms with van der Waals surface area (Å²) in [4.78, 5) is 13.6. The number of methoxy groups -OCH3 is 3. The van der Waals surface area contributed by atoms with Gasteiger partial charge in [-0.25, -0.2) is 0 Å². The zero-order valence-corrected chi connectivity index (χ0v) is 20.6. The molecule has 0 saturated carbocycles. The van der Waals surface area contributed by atoms with Crippen molar-refractivity contribution >= 4 is 21.7 Å². The van der Waals surface area contributed by atoms with Gasteiger partial charge in [0.1, 0.15) is 5.75 Å². The predicted molar refractivity (Wildman–Crippen MR) is 128 cm³/mol. The summed E-state index contributed by atoms with van der Waals surface area (Å²) in [5.74, 6) is 1.52. The number of ketones is 1. The highest BCUT2D eigenvalue weighted by atomic mass is 79.9. The van der Waals surface area contributed by atoms with Crippen LogP contribution >= 0.6 is 15.9 Å². The largest absolute Gasteiger partial charge is 0.497 e. The van der Waals surface area contributed by atoms with Gasteiger partial charge in [0.15, 0.2) is 17.3 Å². The van der Waals surface area contributed by atoms with Crippen molar-refractivity contribution in [3.8, 4) is 23.3 Å². The van der Waals surface area contributed by atoms with Crippen LogP contribution < -0.4 is 19.5 Å². The Labute approximate surface area is 202 Å². The molecule has 1 heterocycles. The van der Waals surface area contributed by atoms with Crippen LogP contribution in [-0.4, -0.2) is 27.1 Å². The van der Waals surface area contributed by atoms with Gasteiger partial charge < -0.3 is 19.5 Å². The summed E-state index contributed by atoms with van der Waals surface area (Å²) >= 11 is 3.63. The van der Waals surface area contributed by atoms with Crippen LogP contribution in [-0.2, 0) is 4.79 Å². The highest BCUT2D eigenvalue weighted by Gasteiger charge is 2.40. The number of carbonyl (C=O) groups is 1. The van der Waals surface area contributed by atoms with Crippen molar-refractivity contribution in [1.29, 1.82) is 5.26 Å². The molecular weight excluding hydrogens is 484 g/mol. The lowest BCUT2D eigenvalue weighted by atomic mass is 9.72. The third-order valence-electron chi connectivity index (χ3n) is 6.35. The number of benzene rings is 2. The average Bonchev–Trinajstić information content (AvgIpc) is 2.83. The molecule has 2 atom stereocenters. The van der Waals surface area contributed by atoms with Crippen molar-refractivity contribution in [3.63, 3.8) is 0 Å². The van der Waals surface area contributed by atoms with E-state index in [1.807, 2.05) is 43.3 Å². The van der Waals surface area contributed by atoms with Gasteiger partial charge in [0, 0.05) is 27.9 Å². The summed E-state index contributed by atoms with van der Waals surface area (Å²) in [6.45, 7) is 1.88. The Morgan fingerprint density at radius 3 is 2.30 bits per heavy atom. The first-order valence-electron chi connectivity index (χ1n) is 10.6. The number of nitrogens with zero attached hydrogens (tertiary/aromatic N) is 1. The molecule has 33 heavy (non-hydrogen) atoms. The van der Waals surface area contributed by atoms with Crippen LogP contribution in [0.25, 0.3) is 0 Å². The maximum atomic E-state index is 13.6. The fourth-order valence-electron chi connectivity index (χ4n) is 4.70. The van der Waals surface area contributed by atoms with E-state index in [1.165, 1.54) is 0 Å². The van der Waals surface area contributed by atoms with Gasteiger partial charge in [-0.05, 0) is 54.7 Å². The molecular formula is C26H25BrN2O4. The van der Waals surface area contributed by atoms with E-state index in [1.54, 1.807) is 21.3 Å². The van der Waals surface area contributed by atoms with Gasteiger partial charge in [-0.2, -0.15) is 5.26 Å². The molecule has 0 fully saturated rings. The van der Waals surface area contributed by atoms with Crippen LogP contribution in [0.1, 0.15) is 42.7 Å². The minimum absolute atomic E-state index is 0.0384. The van der Waals surface area contributed by atoms with Crippen molar-refractivity contribution in [2.24, 2.45) is 0 Å². The van der Waals surface area contributed by atoms with Gasteiger partial charge in [-0.15, -0.1) is 0 Å². The molecule has 0 saturated heterocycles. The lowest BCUT2D eigenvalue weighted by Gasteiger charge is -2.36. The third-order valence-corrected chi connectivity index (χ3v) is 7.04. The van der Waals surface area contributed by atoms with Crippen molar-refractivity contribution < 1.29 is 19.0 Å². The van der Waals surface area contributed by atoms with E-state index in [2.05, 4.69) is 27.3 Å². The number of ether oxygens (including phenoxy) is 3. The standard InChI is InChI=1S/C26H25BrN2O4/c1-14-19(13-28)25(18-11-23(32-3)24(33-4)12-20(18)27)26-21(29-14)9-16(10-22(26)30)15-5-7-17(31-2)8-6-15/h5-8,11-12,16,25,29H,9-10H2,1-4H3/t16-,25+/m0/s1. The molecule has 0 bridgehead atoms. The number of allylic oxidation sites excluding steroid dienone is 4. The molecule has 0 unspecified atom stereocenters. The molecule has 7 heteroatoms. The Balaban J connectivity index is 1.80. The average molecular weight is 509 g/mol. The normalized spacial score (nSPS) is 20.1. The molecule has 1 aliphatic carbocycles. The van der Waals surface area contributed by atoms with E-state index in [9.17, 15) is 10.1 Å². The number of Topliss-reactive ketones (excluding diaryl/α,β-unsaturated/α-hetero) is 1. The topological polar surface area (TPSA) is 80.6 Å². The number of dihydropyridines is 1. The number of carbonyl (C=O) groups excluding carboxylic acids is 1. The van der Waals surface area contributed by atoms with Crippen LogP contribution in [0, 0.1) is 11.3 Å². The van der Waals surface area contributed by atoms with E-state index in [4.69, 9.17) is 14.2 Å². The first kappa shape index (κ1) is 22.9. The Hall–Kier alpha value is -3.24. The second-order valence-electron chi connectivity index (χ2n) is 8.13. The van der Waals surface area contributed by atoms with E-state index >= 15 is 0 Å². The number of hydrogen-bond donors (Lipinski definition) is 1. The van der Waals surface area contributed by atoms with Gasteiger partial charge in [-0.1, -0.05) is 28.1 Å². The minimum atomic E-state index is -0.482. The highest BCUT2D eigenvalue weighted by molar-refractivity contribution is 9.10. The molecule has 0 radical (unpaired) electrons. The molecule has 0 aromatic heterocycles. The number of halogens is 1. The molecule has 2 aromatic rings. The lowest BCUT2D eigenvalue weighted by molar-refractivity contribution is -0.116. The first-order chi connectivity index (χ1) is 15.9. The summed E-state index contributed by atoms with van der Waals surface area (Å²) in [6, 6.07) is 13.8. The summed E-state index contributed by atoms with van der Waals surface area (Å²) in [5.41, 5.74) is 4.69. The van der Waals surface area contributed by atoms with Crippen LogP contribution in [0.5, 0.6) is 17.2 Å². The lowest BCUT2D eigenvalue weighted by Crippen LogP contribution is -2.33. The Morgan fingerprint density at radius 1 is 1.03 bits per heavy atom. The summed E-state index contributed by atoms with van der Waals surface area (Å²) in [5, 5.41) is 13.4. The molecule has 2 aliphatic rings. The SMILES string of the molecule is COc1ccc([C@@H]2CC(=O)C3=C(C2)NC(C)=C(C#N)[C@H]3c2cc(OC)c(OC)cc2Br)cc1. The van der Waals surface area contributed by atoms with E-state index in [0.29, 0.717) is 35.5 Å². The van der Waals surface area contributed by atoms with Crippen LogP contribution in [0.2, 0.25) is 0 Å². The third kappa shape index (κ3) is 4.11. The van der Waals surface area contributed by atoms with Gasteiger partial charge in [0.05, 0.1) is 38.9 Å². The van der Waals surface area contributed by atoms with Crippen molar-refractivity contribution in [2.45, 2.75) is 31.6 Å². The Morgan fingerprint density at radius 2 is 1.70 bits per heavy atom. The van der Waals surface area contributed by atoms with Crippen molar-refractivity contribution in [1.82, 2.24) is 5.32 Å². The summed E-state index contributed by atoms with van der Waals surface area (Å²) in [6.07, 6.45) is 1.07. The maximum absolute atomic E-state index is 13.6. The molecule has 170 valence electrons. The molecule has 0 amide bonds. The monoisotopic (exact) mass is 508 g/mol. The van der Waals surface area contributed by atoms with E-state index in [0.717, 1.165) is 32.7 Å². The van der Waals surface area contributed by atoms with Crippen LogP contribution in [0.4, 0.5) is 0 Å². The summed E-state index contributed by atoms with van der Waals surface area (Å²) < 4.78 is 16.9. The molecule has 1 aliphatic heterocycles. The zero-order valence-electron chi connectivity index (χ0n) is 19.0. The molecule has 2 aromatic carbocycles. The smallest absolute Gasteiger partial charge is 0.162 e. The Bertz CT molecular complexity index is 1210. The minimum Gasteiger partial charge on any atom is -0.497 e. The van der Waals surface area contributed by atoms with Crippen molar-refractivity contribution in [3.05, 3.63) is 74.5 Å². The fraction of sp³-hybridized carbons (Fsp3) is 0.308. The first-order valence-corrected chi connectivity index (χ1v) is 11.4. The van der Waals surface area contributed by atoms with E-state index < -0.39 is 5.92 Å². The summed E-state index contributed by atoms with van der Waals surface area (Å²) in [7, 11) is 4.78. The second-order valence-corrected chi connectivity index (χ2v) is 8.99. The molecule has 4 rings (SSSR count). The highest BCUT2D eigenvalue weighted by Crippen LogP contribution is 2.48. The molecule has 0 spiro atoms. The fourth-order valence-corrected chi connectivity index (χ4v) is 5.25. The second kappa shape index (κ2) is 9.32. The van der Waals surface area contributed by atoms with Crippen LogP contribution in [0.15, 0.2) is 63.4 Å². The number of nitrogens with one attached hydrogen (secondary N) is 1. The van der Waals surface area contributed by atoms with Gasteiger partial charge >= 0.3 is 0 Å². The van der Waals surface area contributed by atoms with Crippen LogP contribution in [0.3, 0.4) is 0 Å². The molecule has 6 nitrogen and oxygen atoms in total. The Kier molecular flexibility index (Phi) is 6.48.